The van der Waals surface area contributed by atoms with E-state index in [1.807, 2.05) is 67.6 Å². The summed E-state index contributed by atoms with van der Waals surface area (Å²) in [6.07, 6.45) is 7.35. The molecule has 44 heavy (non-hydrogen) atoms. The molecule has 1 aliphatic rings. The highest BCUT2D eigenvalue weighted by Gasteiger charge is 2.21. The van der Waals surface area contributed by atoms with Crippen molar-refractivity contribution >= 4 is 44.8 Å². The molecule has 0 aliphatic heterocycles. The predicted molar refractivity (Wildman–Crippen MR) is 178 cm³/mol. The van der Waals surface area contributed by atoms with Gasteiger partial charge in [-0.25, -0.2) is 23.4 Å². The number of halogens is 1. The van der Waals surface area contributed by atoms with Crippen LogP contribution in [0.25, 0.3) is 22.0 Å². The molecular formula is C33H35ClN6O3S. The molecule has 11 heteroatoms. The lowest BCUT2D eigenvalue weighted by molar-refractivity contribution is 0.410. The Morgan fingerprint density at radius 1 is 0.886 bits per heavy atom. The minimum absolute atomic E-state index is 0. The van der Waals surface area contributed by atoms with Gasteiger partial charge in [0.15, 0.2) is 0 Å². The van der Waals surface area contributed by atoms with Crippen LogP contribution in [0, 0.1) is 6.92 Å². The first kappa shape index (κ1) is 31.2. The Kier molecular flexibility index (Phi) is 9.63. The number of sulfonamides is 1. The van der Waals surface area contributed by atoms with Gasteiger partial charge < -0.3 is 15.8 Å². The van der Waals surface area contributed by atoms with E-state index in [0.29, 0.717) is 34.5 Å². The van der Waals surface area contributed by atoms with Crippen LogP contribution >= 0.6 is 12.4 Å². The summed E-state index contributed by atoms with van der Waals surface area (Å²) in [6, 6.07) is 24.6. The predicted octanol–water partition coefficient (Wildman–Crippen LogP) is 6.84. The number of hydrogen-bond donors (Lipinski definition) is 3. The maximum absolute atomic E-state index is 13.1. The van der Waals surface area contributed by atoms with Gasteiger partial charge in [0.2, 0.25) is 21.9 Å². The van der Waals surface area contributed by atoms with Gasteiger partial charge in [0.1, 0.15) is 5.75 Å². The second-order valence-electron chi connectivity index (χ2n) is 10.9. The number of nitrogens with two attached hydrogens (primary N) is 1. The Hall–Kier alpha value is -4.25. The lowest BCUT2D eigenvalue weighted by atomic mass is 9.92. The summed E-state index contributed by atoms with van der Waals surface area (Å²) in [5, 5.41) is 4.94. The molecular weight excluding hydrogens is 596 g/mol. The Bertz CT molecular complexity index is 1850. The fourth-order valence-electron chi connectivity index (χ4n) is 5.49. The van der Waals surface area contributed by atoms with Crippen LogP contribution in [0.5, 0.6) is 11.6 Å². The second-order valence-corrected chi connectivity index (χ2v) is 12.7. The topological polar surface area (TPSA) is 132 Å². The van der Waals surface area contributed by atoms with Crippen LogP contribution in [-0.2, 0) is 15.8 Å². The van der Waals surface area contributed by atoms with Gasteiger partial charge in [-0.1, -0.05) is 54.6 Å². The van der Waals surface area contributed by atoms with Gasteiger partial charge in [-0.15, -0.1) is 12.4 Å². The van der Waals surface area contributed by atoms with E-state index in [-0.39, 0.29) is 30.2 Å². The number of pyridine rings is 1. The molecule has 0 spiro atoms. The Morgan fingerprint density at radius 3 is 2.39 bits per heavy atom. The van der Waals surface area contributed by atoms with E-state index in [1.54, 1.807) is 30.6 Å². The average Bonchev–Trinajstić information content (AvgIpc) is 3.01. The van der Waals surface area contributed by atoms with Crippen molar-refractivity contribution in [1.82, 2.24) is 15.0 Å². The number of hydrogen-bond acceptors (Lipinski definition) is 8. The molecule has 228 valence electrons. The largest absolute Gasteiger partial charge is 0.437 e. The van der Waals surface area contributed by atoms with E-state index in [9.17, 15) is 8.42 Å². The fraction of sp³-hybridized carbons (Fsp3) is 0.242. The van der Waals surface area contributed by atoms with Gasteiger partial charge in [-0.3, -0.25) is 4.72 Å². The van der Waals surface area contributed by atoms with Crippen molar-refractivity contribution in [2.45, 2.75) is 50.4 Å². The Morgan fingerprint density at radius 2 is 1.61 bits per heavy atom. The van der Waals surface area contributed by atoms with Gasteiger partial charge >= 0.3 is 0 Å². The summed E-state index contributed by atoms with van der Waals surface area (Å²) in [7, 11) is -3.66. The molecule has 0 atom stereocenters. The molecule has 2 heterocycles. The first-order chi connectivity index (χ1) is 20.8. The maximum atomic E-state index is 13.1. The molecule has 3 aromatic carbocycles. The molecule has 4 N–H and O–H groups in total. The molecule has 1 saturated carbocycles. The highest BCUT2D eigenvalue weighted by atomic mass is 35.5. The first-order valence-corrected chi connectivity index (χ1v) is 16.0. The average molecular weight is 631 g/mol. The number of aromatic nitrogens is 3. The third-order valence-corrected chi connectivity index (χ3v) is 8.90. The zero-order chi connectivity index (χ0) is 29.8. The van der Waals surface area contributed by atoms with Gasteiger partial charge in [-0.2, -0.15) is 0 Å². The highest BCUT2D eigenvalue weighted by molar-refractivity contribution is 7.91. The van der Waals surface area contributed by atoms with Crippen LogP contribution in [0.3, 0.4) is 0 Å². The van der Waals surface area contributed by atoms with Crippen molar-refractivity contribution in [3.8, 4) is 22.9 Å². The number of fused-ring (bicyclic) bond motifs is 1. The third kappa shape index (κ3) is 7.27. The van der Waals surface area contributed by atoms with E-state index >= 15 is 0 Å². The van der Waals surface area contributed by atoms with E-state index in [2.05, 4.69) is 20.0 Å². The maximum Gasteiger partial charge on any atom is 0.236 e. The van der Waals surface area contributed by atoms with Gasteiger partial charge in [0.25, 0.3) is 0 Å². The summed E-state index contributed by atoms with van der Waals surface area (Å²) in [5.74, 6) is 1.41. The summed E-state index contributed by atoms with van der Waals surface area (Å²) in [5.41, 5.74) is 9.43. The molecule has 0 saturated heterocycles. The van der Waals surface area contributed by atoms with Crippen LogP contribution in [0.15, 0.2) is 91.3 Å². The normalized spacial score (nSPS) is 16.6. The number of nitrogens with zero attached hydrogens (tertiary/aromatic N) is 3. The van der Waals surface area contributed by atoms with Gasteiger partial charge in [0, 0.05) is 35.2 Å². The summed E-state index contributed by atoms with van der Waals surface area (Å²) < 4.78 is 35.5. The number of ether oxygens (including phenoxy) is 1. The molecule has 1 fully saturated rings. The number of aryl methyl sites for hydroxylation is 1. The zero-order valence-electron chi connectivity index (χ0n) is 24.3. The molecule has 2 aromatic heterocycles. The van der Waals surface area contributed by atoms with E-state index in [0.717, 1.165) is 47.6 Å². The standard InChI is InChI=1S/C33H34N6O3S.ClH/c1-22-20-30(39-43(40,41)21-23-8-3-2-4-9-23)26-10-5-6-11-27(26)31(22)42-32-28(12-7-18-35-32)29-17-19-36-33(38-29)37-25-15-13-24(34)14-16-25;/h2-12,17-20,24-25,39H,13-16,21,34H2,1H3,(H,36,37,38);1H/t24-,25-;. The van der Waals surface area contributed by atoms with Crippen LogP contribution in [0.2, 0.25) is 0 Å². The number of rotatable bonds is 9. The van der Waals surface area contributed by atoms with E-state index in [1.165, 1.54) is 0 Å². The molecule has 6 rings (SSSR count). The van der Waals surface area contributed by atoms with Crippen LogP contribution in [0.4, 0.5) is 11.6 Å². The van der Waals surface area contributed by atoms with E-state index in [4.69, 9.17) is 15.5 Å². The molecule has 0 unspecified atom stereocenters. The van der Waals surface area contributed by atoms with Crippen LogP contribution in [0.1, 0.15) is 36.8 Å². The van der Waals surface area contributed by atoms with Crippen molar-refractivity contribution in [3.63, 3.8) is 0 Å². The monoisotopic (exact) mass is 630 g/mol. The molecule has 9 nitrogen and oxygen atoms in total. The van der Waals surface area contributed by atoms with E-state index < -0.39 is 10.0 Å². The fourth-order valence-corrected chi connectivity index (χ4v) is 6.70. The van der Waals surface area contributed by atoms with Crippen molar-refractivity contribution in [3.05, 3.63) is 102 Å². The van der Waals surface area contributed by atoms with Crippen molar-refractivity contribution in [2.75, 3.05) is 10.0 Å². The molecule has 0 amide bonds. The summed E-state index contributed by atoms with van der Waals surface area (Å²) in [4.78, 5) is 13.8. The molecule has 1 aliphatic carbocycles. The van der Waals surface area contributed by atoms with Crippen molar-refractivity contribution in [2.24, 2.45) is 5.73 Å². The Balaban J connectivity index is 0.00000384. The smallest absolute Gasteiger partial charge is 0.236 e. The number of nitrogens with one attached hydrogen (secondary N) is 2. The number of anilines is 2. The minimum atomic E-state index is -3.66. The number of benzene rings is 3. The first-order valence-electron chi connectivity index (χ1n) is 14.4. The third-order valence-electron chi connectivity index (χ3n) is 7.65. The van der Waals surface area contributed by atoms with Gasteiger partial charge in [0.05, 0.1) is 22.7 Å². The lowest BCUT2D eigenvalue weighted by Gasteiger charge is -2.26. The molecule has 0 radical (unpaired) electrons. The minimum Gasteiger partial charge on any atom is -0.437 e. The second kappa shape index (κ2) is 13.6. The van der Waals surface area contributed by atoms with Crippen LogP contribution < -0.4 is 20.5 Å². The quantitative estimate of drug-likeness (QED) is 0.161. The highest BCUT2D eigenvalue weighted by Crippen LogP contribution is 2.40. The zero-order valence-corrected chi connectivity index (χ0v) is 25.9. The summed E-state index contributed by atoms with van der Waals surface area (Å²) >= 11 is 0. The lowest BCUT2D eigenvalue weighted by Crippen LogP contribution is -2.33. The van der Waals surface area contributed by atoms with Crippen molar-refractivity contribution in [1.29, 1.82) is 0 Å². The van der Waals surface area contributed by atoms with Crippen molar-refractivity contribution < 1.29 is 13.2 Å². The Labute approximate surface area is 263 Å². The van der Waals surface area contributed by atoms with Gasteiger partial charge in [-0.05, 0) is 68.0 Å². The SMILES string of the molecule is Cc1cc(NS(=O)(=O)Cc2ccccc2)c2ccccc2c1Oc1ncccc1-c1ccnc(N[C@H]2CC[C@H](N)CC2)n1.Cl. The molecule has 0 bridgehead atoms. The molecule has 5 aromatic rings. The van der Waals surface area contributed by atoms with Crippen LogP contribution in [-0.4, -0.2) is 35.5 Å². The summed E-state index contributed by atoms with van der Waals surface area (Å²) in [6.45, 7) is 1.89.